The Kier molecular flexibility index (Phi) is 3.87. The van der Waals surface area contributed by atoms with Crippen LogP contribution in [0.15, 0.2) is 24.3 Å². The van der Waals surface area contributed by atoms with Crippen molar-refractivity contribution >= 4 is 11.7 Å². The van der Waals surface area contributed by atoms with Gasteiger partial charge in [-0.3, -0.25) is 4.90 Å². The van der Waals surface area contributed by atoms with Crippen molar-refractivity contribution in [3.8, 4) is 0 Å². The number of aromatic carboxylic acids is 1. The van der Waals surface area contributed by atoms with Crippen molar-refractivity contribution in [3.63, 3.8) is 0 Å². The minimum Gasteiger partial charge on any atom is -0.478 e. The van der Waals surface area contributed by atoms with Crippen LogP contribution in [0.2, 0.25) is 0 Å². The van der Waals surface area contributed by atoms with Gasteiger partial charge in [0.25, 0.3) is 0 Å². The van der Waals surface area contributed by atoms with Crippen LogP contribution in [-0.2, 0) is 0 Å². The summed E-state index contributed by atoms with van der Waals surface area (Å²) in [5.74, 6) is -0.864. The zero-order valence-electron chi connectivity index (χ0n) is 11.0. The molecule has 0 aromatic heterocycles. The van der Waals surface area contributed by atoms with E-state index < -0.39 is 5.97 Å². The number of anilines is 1. The zero-order chi connectivity index (χ0) is 13.1. The van der Waals surface area contributed by atoms with E-state index in [2.05, 4.69) is 23.6 Å². The Labute approximate surface area is 108 Å². The van der Waals surface area contributed by atoms with Gasteiger partial charge in [0.05, 0.1) is 5.56 Å². The second-order valence-electron chi connectivity index (χ2n) is 4.78. The molecule has 1 saturated heterocycles. The molecule has 0 aliphatic carbocycles. The number of hydrogen-bond donors (Lipinski definition) is 1. The van der Waals surface area contributed by atoms with Crippen molar-refractivity contribution in [2.75, 3.05) is 31.1 Å². The van der Waals surface area contributed by atoms with Crippen molar-refractivity contribution in [1.82, 2.24) is 4.90 Å². The Balaban J connectivity index is 2.13. The van der Waals surface area contributed by atoms with Crippen LogP contribution < -0.4 is 4.90 Å². The second-order valence-corrected chi connectivity index (χ2v) is 4.78. The summed E-state index contributed by atoms with van der Waals surface area (Å²) in [6.45, 7) is 8.42. The molecule has 2 rings (SSSR count). The van der Waals surface area contributed by atoms with Gasteiger partial charge in [0.1, 0.15) is 0 Å². The Morgan fingerprint density at radius 1 is 1.44 bits per heavy atom. The first-order valence-corrected chi connectivity index (χ1v) is 6.44. The summed E-state index contributed by atoms with van der Waals surface area (Å²) in [5, 5.41) is 9.01. The molecule has 1 aliphatic rings. The number of likely N-dealkylation sites (N-methyl/N-ethyl adjacent to an activating group) is 1. The fourth-order valence-corrected chi connectivity index (χ4v) is 2.54. The average molecular weight is 248 g/mol. The fourth-order valence-electron chi connectivity index (χ4n) is 2.54. The lowest BCUT2D eigenvalue weighted by Crippen LogP contribution is -2.51. The van der Waals surface area contributed by atoms with Gasteiger partial charge in [-0.15, -0.1) is 0 Å². The Morgan fingerprint density at radius 3 is 2.83 bits per heavy atom. The van der Waals surface area contributed by atoms with E-state index in [0.717, 1.165) is 31.9 Å². The van der Waals surface area contributed by atoms with Gasteiger partial charge in [-0.05, 0) is 31.7 Å². The lowest BCUT2D eigenvalue weighted by Gasteiger charge is -2.40. The van der Waals surface area contributed by atoms with Crippen LogP contribution in [0.1, 0.15) is 24.2 Å². The Bertz CT molecular complexity index is 434. The topological polar surface area (TPSA) is 43.8 Å². The van der Waals surface area contributed by atoms with Gasteiger partial charge in [-0.25, -0.2) is 4.79 Å². The lowest BCUT2D eigenvalue weighted by atomic mass is 10.1. The van der Waals surface area contributed by atoms with E-state index in [-0.39, 0.29) is 0 Å². The molecule has 4 heteroatoms. The van der Waals surface area contributed by atoms with Crippen LogP contribution >= 0.6 is 0 Å². The first-order valence-electron chi connectivity index (χ1n) is 6.44. The van der Waals surface area contributed by atoms with Crippen molar-refractivity contribution in [3.05, 3.63) is 29.8 Å². The predicted octanol–water partition coefficient (Wildman–Crippen LogP) is 1.92. The molecule has 1 fully saturated rings. The van der Waals surface area contributed by atoms with Gasteiger partial charge < -0.3 is 10.0 Å². The maximum absolute atomic E-state index is 11.0. The maximum atomic E-state index is 11.0. The third-order valence-corrected chi connectivity index (χ3v) is 3.63. The summed E-state index contributed by atoms with van der Waals surface area (Å²) in [7, 11) is 0. The number of carboxylic acids is 1. The molecule has 1 heterocycles. The van der Waals surface area contributed by atoms with Crippen LogP contribution in [0.3, 0.4) is 0 Å². The number of carbonyl (C=O) groups is 1. The summed E-state index contributed by atoms with van der Waals surface area (Å²) >= 11 is 0. The van der Waals surface area contributed by atoms with Gasteiger partial charge in [0.15, 0.2) is 0 Å². The van der Waals surface area contributed by atoms with Crippen LogP contribution in [-0.4, -0.2) is 48.2 Å². The Hall–Kier alpha value is -1.55. The molecule has 0 radical (unpaired) electrons. The molecule has 0 saturated carbocycles. The van der Waals surface area contributed by atoms with E-state index in [0.29, 0.717) is 11.6 Å². The van der Waals surface area contributed by atoms with Crippen LogP contribution in [0.4, 0.5) is 5.69 Å². The molecule has 1 aromatic rings. The van der Waals surface area contributed by atoms with E-state index in [1.807, 2.05) is 12.1 Å². The van der Waals surface area contributed by atoms with E-state index in [4.69, 9.17) is 5.11 Å². The van der Waals surface area contributed by atoms with Crippen molar-refractivity contribution < 1.29 is 9.90 Å². The molecule has 1 atom stereocenters. The van der Waals surface area contributed by atoms with E-state index in [1.165, 1.54) is 0 Å². The standard InChI is InChI=1S/C14H20N2O2/c1-3-15-7-8-16(10-11(15)2)13-6-4-5-12(9-13)14(17)18/h4-6,9,11H,3,7-8,10H2,1-2H3,(H,17,18). The molecule has 1 N–H and O–H groups in total. The normalized spacial score (nSPS) is 21.0. The zero-order valence-corrected chi connectivity index (χ0v) is 11.0. The fraction of sp³-hybridized carbons (Fsp3) is 0.500. The van der Waals surface area contributed by atoms with Gasteiger partial charge in [0, 0.05) is 31.4 Å². The van der Waals surface area contributed by atoms with E-state index in [9.17, 15) is 4.79 Å². The smallest absolute Gasteiger partial charge is 0.335 e. The quantitative estimate of drug-likeness (QED) is 0.887. The summed E-state index contributed by atoms with van der Waals surface area (Å²) < 4.78 is 0. The molecule has 98 valence electrons. The van der Waals surface area contributed by atoms with E-state index >= 15 is 0 Å². The van der Waals surface area contributed by atoms with Gasteiger partial charge in [-0.2, -0.15) is 0 Å². The monoisotopic (exact) mass is 248 g/mol. The van der Waals surface area contributed by atoms with Crippen molar-refractivity contribution in [2.45, 2.75) is 19.9 Å². The SMILES string of the molecule is CCN1CCN(c2cccc(C(=O)O)c2)CC1C. The number of nitrogens with zero attached hydrogens (tertiary/aromatic N) is 2. The first-order chi connectivity index (χ1) is 8.61. The Morgan fingerprint density at radius 2 is 2.22 bits per heavy atom. The van der Waals surface area contributed by atoms with Crippen LogP contribution in [0.25, 0.3) is 0 Å². The molecule has 0 spiro atoms. The average Bonchev–Trinajstić information content (AvgIpc) is 2.38. The molecular formula is C14H20N2O2. The van der Waals surface area contributed by atoms with Crippen LogP contribution in [0.5, 0.6) is 0 Å². The second kappa shape index (κ2) is 5.40. The molecule has 18 heavy (non-hydrogen) atoms. The summed E-state index contributed by atoms with van der Waals surface area (Å²) in [5.41, 5.74) is 1.37. The van der Waals surface area contributed by atoms with Gasteiger partial charge in [0.2, 0.25) is 0 Å². The molecule has 0 amide bonds. The number of rotatable bonds is 3. The number of carboxylic acid groups (broad SMARTS) is 1. The van der Waals surface area contributed by atoms with E-state index in [1.54, 1.807) is 12.1 Å². The molecule has 1 aliphatic heterocycles. The number of hydrogen-bond acceptors (Lipinski definition) is 3. The third-order valence-electron chi connectivity index (χ3n) is 3.63. The highest BCUT2D eigenvalue weighted by atomic mass is 16.4. The van der Waals surface area contributed by atoms with Gasteiger partial charge in [-0.1, -0.05) is 13.0 Å². The largest absolute Gasteiger partial charge is 0.478 e. The maximum Gasteiger partial charge on any atom is 0.335 e. The minimum atomic E-state index is -0.864. The highest BCUT2D eigenvalue weighted by Crippen LogP contribution is 2.20. The van der Waals surface area contributed by atoms with Crippen molar-refractivity contribution in [2.24, 2.45) is 0 Å². The van der Waals surface area contributed by atoms with Crippen molar-refractivity contribution in [1.29, 1.82) is 0 Å². The van der Waals surface area contributed by atoms with Gasteiger partial charge >= 0.3 is 5.97 Å². The number of piperazine rings is 1. The summed E-state index contributed by atoms with van der Waals surface area (Å²) in [6, 6.07) is 7.71. The highest BCUT2D eigenvalue weighted by molar-refractivity contribution is 5.88. The molecule has 0 bridgehead atoms. The third kappa shape index (κ3) is 2.64. The molecule has 4 nitrogen and oxygen atoms in total. The number of benzene rings is 1. The molecule has 1 aromatic carbocycles. The minimum absolute atomic E-state index is 0.359. The highest BCUT2D eigenvalue weighted by Gasteiger charge is 2.22. The predicted molar refractivity (Wildman–Crippen MR) is 72.3 cm³/mol. The molecular weight excluding hydrogens is 228 g/mol. The first kappa shape index (κ1) is 12.9. The molecule has 1 unspecified atom stereocenters. The summed E-state index contributed by atoms with van der Waals surface area (Å²) in [4.78, 5) is 15.7. The summed E-state index contributed by atoms with van der Waals surface area (Å²) in [6.07, 6.45) is 0. The van der Waals surface area contributed by atoms with Crippen LogP contribution in [0, 0.1) is 0 Å². The lowest BCUT2D eigenvalue weighted by molar-refractivity contribution is 0.0697.